The molecule has 0 amide bonds. The number of ether oxygens (including phenoxy) is 1. The van der Waals surface area contributed by atoms with Crippen molar-refractivity contribution in [2.45, 2.75) is 24.9 Å². The summed E-state index contributed by atoms with van der Waals surface area (Å²) in [5.74, 6) is -0.0297. The number of aliphatic hydroxyl groups excluding tert-OH is 1. The first-order chi connectivity index (χ1) is 11.3. The molecule has 1 aliphatic heterocycles. The fourth-order valence-electron chi connectivity index (χ4n) is 2.60. The van der Waals surface area contributed by atoms with Gasteiger partial charge in [0.05, 0.1) is 18.6 Å². The number of H-pyrrole nitrogens is 1. The SMILES string of the molecule is [B][P+](O)(OC)OC[C@@H]1C[C@H](O)[C@H](n2ccc3c(=O)[nH]c(N)nc32)O1. The van der Waals surface area contributed by atoms with Gasteiger partial charge in [0.25, 0.3) is 5.56 Å². The Hall–Kier alpha value is -1.49. The summed E-state index contributed by atoms with van der Waals surface area (Å²) in [5, 5.41) is 10.6. The number of nitrogens with one attached hydrogen (secondary N) is 1. The van der Waals surface area contributed by atoms with E-state index in [-0.39, 0.29) is 24.5 Å². The van der Waals surface area contributed by atoms with Crippen LogP contribution in [0.25, 0.3) is 11.0 Å². The molecule has 12 heteroatoms. The lowest BCUT2D eigenvalue weighted by Gasteiger charge is -2.18. The van der Waals surface area contributed by atoms with Gasteiger partial charge in [0.1, 0.15) is 12.7 Å². The molecule has 3 rings (SSSR count). The molecule has 1 saturated heterocycles. The number of hydrogen-bond acceptors (Lipinski definition) is 8. The second-order valence-corrected chi connectivity index (χ2v) is 7.16. The predicted molar refractivity (Wildman–Crippen MR) is 87.2 cm³/mol. The quantitative estimate of drug-likeness (QED) is 0.413. The molecule has 0 aliphatic carbocycles. The van der Waals surface area contributed by atoms with Gasteiger partial charge >= 0.3 is 15.4 Å². The van der Waals surface area contributed by atoms with Gasteiger partial charge in [0.2, 0.25) is 5.95 Å². The van der Waals surface area contributed by atoms with Crippen LogP contribution in [-0.2, 0) is 13.8 Å². The van der Waals surface area contributed by atoms with E-state index < -0.39 is 26.3 Å². The number of nitrogens with two attached hydrogens (primary N) is 1. The maximum Gasteiger partial charge on any atom is 0.488 e. The van der Waals surface area contributed by atoms with Crippen LogP contribution >= 0.6 is 7.82 Å². The standard InChI is InChI=1S/C12H17BN4O6P/c1-21-24(13,20)22-5-6-4-8(18)11(23-6)17-3-2-7-9(17)15-12(14)16-10(7)19/h2-3,6,8,11,18,20H,4-5H2,1H3,(H3,14,15,16,19)/q+1/t6-,8-,11+,24?/m0/s1. The topological polar surface area (TPSA) is 145 Å². The van der Waals surface area contributed by atoms with Crippen molar-refractivity contribution in [1.82, 2.24) is 14.5 Å². The van der Waals surface area contributed by atoms with Crippen LogP contribution in [0.15, 0.2) is 17.1 Å². The normalized spacial score (nSPS) is 26.7. The van der Waals surface area contributed by atoms with Crippen molar-refractivity contribution in [1.29, 1.82) is 0 Å². The van der Waals surface area contributed by atoms with E-state index in [1.807, 2.05) is 0 Å². The van der Waals surface area contributed by atoms with Crippen LogP contribution in [0.5, 0.6) is 0 Å². The summed E-state index contributed by atoms with van der Waals surface area (Å²) < 4.78 is 17.0. The molecule has 1 unspecified atom stereocenters. The molecule has 24 heavy (non-hydrogen) atoms. The Balaban J connectivity index is 1.80. The van der Waals surface area contributed by atoms with Crippen LogP contribution in [-0.4, -0.2) is 58.0 Å². The minimum Gasteiger partial charge on any atom is -0.388 e. The highest BCUT2D eigenvalue weighted by atomic mass is 31.2. The van der Waals surface area contributed by atoms with Crippen molar-refractivity contribution >= 4 is 32.4 Å². The third-order valence-corrected chi connectivity index (χ3v) is 4.79. The lowest BCUT2D eigenvalue weighted by Crippen LogP contribution is -2.20. The average Bonchev–Trinajstić information content (AvgIpc) is 3.08. The fraction of sp³-hybridized carbons (Fsp3) is 0.500. The van der Waals surface area contributed by atoms with E-state index in [2.05, 4.69) is 14.5 Å². The molecule has 0 bridgehead atoms. The van der Waals surface area contributed by atoms with E-state index in [0.717, 1.165) is 0 Å². The third-order valence-electron chi connectivity index (χ3n) is 3.75. The zero-order valence-corrected chi connectivity index (χ0v) is 13.7. The van der Waals surface area contributed by atoms with Crippen molar-refractivity contribution in [3.05, 3.63) is 22.6 Å². The van der Waals surface area contributed by atoms with Crippen LogP contribution in [0.3, 0.4) is 0 Å². The average molecular weight is 355 g/mol. The minimum atomic E-state index is -3.37. The largest absolute Gasteiger partial charge is 0.488 e. The molecule has 2 aromatic rings. The Labute approximate surface area is 138 Å². The van der Waals surface area contributed by atoms with E-state index in [9.17, 15) is 14.8 Å². The van der Waals surface area contributed by atoms with E-state index >= 15 is 0 Å². The Kier molecular flexibility index (Phi) is 4.65. The zero-order valence-electron chi connectivity index (χ0n) is 12.8. The van der Waals surface area contributed by atoms with Gasteiger partial charge in [-0.1, -0.05) is 0 Å². The molecule has 0 saturated carbocycles. The van der Waals surface area contributed by atoms with Gasteiger partial charge in [-0.2, -0.15) is 14.0 Å². The first-order valence-electron chi connectivity index (χ1n) is 7.11. The molecule has 5 N–H and O–H groups in total. The predicted octanol–water partition coefficient (Wildman–Crippen LogP) is -0.543. The molecule has 128 valence electrons. The number of aromatic amines is 1. The molecular formula is C12H17BN4O6P+. The van der Waals surface area contributed by atoms with Gasteiger partial charge < -0.3 is 20.1 Å². The van der Waals surface area contributed by atoms with Crippen LogP contribution in [0.2, 0.25) is 0 Å². The molecule has 2 radical (unpaired) electrons. The van der Waals surface area contributed by atoms with Crippen LogP contribution in [0.1, 0.15) is 12.6 Å². The lowest BCUT2D eigenvalue weighted by atomic mass is 10.2. The fourth-order valence-corrected chi connectivity index (χ4v) is 3.08. The number of rotatable bonds is 5. The Bertz CT molecular complexity index is 795. The number of nitrogen functional groups attached to an aromatic ring is 1. The number of aliphatic hydroxyl groups is 1. The Morgan fingerprint density at radius 3 is 3.12 bits per heavy atom. The molecule has 4 atom stereocenters. The summed E-state index contributed by atoms with van der Waals surface area (Å²) in [6.07, 6.45) is -0.288. The molecule has 10 nitrogen and oxygen atoms in total. The second kappa shape index (κ2) is 6.43. The molecule has 2 aromatic heterocycles. The van der Waals surface area contributed by atoms with Crippen LogP contribution < -0.4 is 11.3 Å². The van der Waals surface area contributed by atoms with Gasteiger partial charge in [0.15, 0.2) is 11.9 Å². The minimum absolute atomic E-state index is 0.0297. The molecule has 1 aliphatic rings. The van der Waals surface area contributed by atoms with Crippen molar-refractivity contribution in [3.8, 4) is 0 Å². The maximum absolute atomic E-state index is 11.9. The van der Waals surface area contributed by atoms with Gasteiger partial charge in [-0.3, -0.25) is 9.78 Å². The zero-order chi connectivity index (χ0) is 17.5. The summed E-state index contributed by atoms with van der Waals surface area (Å²) in [5.41, 5.74) is 5.50. The summed E-state index contributed by atoms with van der Waals surface area (Å²) in [6, 6.07) is 1.57. The summed E-state index contributed by atoms with van der Waals surface area (Å²) in [6.45, 7) is -0.0441. The smallest absolute Gasteiger partial charge is 0.388 e. The summed E-state index contributed by atoms with van der Waals surface area (Å²) >= 11 is 0. The highest BCUT2D eigenvalue weighted by molar-refractivity contribution is 7.85. The number of aromatic nitrogens is 3. The summed E-state index contributed by atoms with van der Waals surface area (Å²) in [7, 11) is 3.27. The van der Waals surface area contributed by atoms with Crippen molar-refractivity contribution < 1.29 is 23.8 Å². The van der Waals surface area contributed by atoms with Crippen LogP contribution in [0.4, 0.5) is 5.95 Å². The molecule has 1 fully saturated rings. The van der Waals surface area contributed by atoms with Gasteiger partial charge in [-0.05, 0) is 6.07 Å². The monoisotopic (exact) mass is 355 g/mol. The van der Waals surface area contributed by atoms with Crippen molar-refractivity contribution in [2.24, 2.45) is 0 Å². The van der Waals surface area contributed by atoms with Gasteiger partial charge in [-0.15, -0.1) is 0 Å². The van der Waals surface area contributed by atoms with E-state index in [1.165, 1.54) is 11.7 Å². The molecule has 0 spiro atoms. The Morgan fingerprint density at radius 1 is 1.67 bits per heavy atom. The number of anilines is 1. The van der Waals surface area contributed by atoms with Gasteiger partial charge in [0, 0.05) is 12.6 Å². The van der Waals surface area contributed by atoms with E-state index in [4.69, 9.17) is 22.6 Å². The highest BCUT2D eigenvalue weighted by Gasteiger charge is 2.40. The highest BCUT2D eigenvalue weighted by Crippen LogP contribution is 2.51. The number of nitrogens with zero attached hydrogens (tertiary/aromatic N) is 2. The lowest BCUT2D eigenvalue weighted by molar-refractivity contribution is -0.0469. The first kappa shape index (κ1) is 17.3. The van der Waals surface area contributed by atoms with Crippen molar-refractivity contribution in [3.63, 3.8) is 0 Å². The van der Waals surface area contributed by atoms with E-state index in [1.54, 1.807) is 12.3 Å². The molecule has 3 heterocycles. The first-order valence-corrected chi connectivity index (χ1v) is 8.76. The van der Waals surface area contributed by atoms with E-state index in [0.29, 0.717) is 11.0 Å². The number of hydrogen-bond donors (Lipinski definition) is 4. The van der Waals surface area contributed by atoms with Crippen molar-refractivity contribution in [2.75, 3.05) is 19.5 Å². The number of fused-ring (bicyclic) bond motifs is 1. The van der Waals surface area contributed by atoms with Gasteiger partial charge in [-0.25, -0.2) is 4.89 Å². The molecule has 0 aromatic carbocycles. The van der Waals surface area contributed by atoms with Crippen LogP contribution in [0, 0.1) is 0 Å². The maximum atomic E-state index is 11.9. The summed E-state index contributed by atoms with van der Waals surface area (Å²) in [4.78, 5) is 27.9. The third kappa shape index (κ3) is 3.32. The molecular weight excluding hydrogens is 338 g/mol. The second-order valence-electron chi connectivity index (χ2n) is 5.41. The Morgan fingerprint density at radius 2 is 2.42 bits per heavy atom.